The minimum absolute atomic E-state index is 0.123. The van der Waals surface area contributed by atoms with Gasteiger partial charge in [0.1, 0.15) is 0 Å². The molecule has 4 atom stereocenters. The largest absolute Gasteiger partial charge is 0.349 e. The van der Waals surface area contributed by atoms with E-state index in [0.717, 1.165) is 22.3 Å². The van der Waals surface area contributed by atoms with Crippen molar-refractivity contribution in [1.29, 1.82) is 0 Å². The summed E-state index contributed by atoms with van der Waals surface area (Å²) in [6, 6.07) is 2.34. The standard InChI is InChI=1S/C15H21NOS/c1-9-5-6-18-14(9)15(17)16-10(2)13-8-11-3-4-12(13)7-11/h5-6,10-13H,3-4,7-8H2,1-2H3,(H,16,17). The molecule has 3 rings (SSSR count). The van der Waals surface area contributed by atoms with E-state index in [9.17, 15) is 4.79 Å². The summed E-state index contributed by atoms with van der Waals surface area (Å²) in [4.78, 5) is 13.1. The fourth-order valence-electron chi connectivity index (χ4n) is 3.89. The number of nitrogens with one attached hydrogen (secondary N) is 1. The maximum Gasteiger partial charge on any atom is 0.261 e. The molecule has 3 heteroatoms. The molecule has 2 aliphatic carbocycles. The number of carbonyl (C=O) groups is 1. The number of hydrogen-bond acceptors (Lipinski definition) is 2. The van der Waals surface area contributed by atoms with Gasteiger partial charge in [-0.1, -0.05) is 6.42 Å². The SMILES string of the molecule is Cc1ccsc1C(=O)NC(C)C1CC2CCC1C2. The average Bonchev–Trinajstić information content (AvgIpc) is 3.03. The molecule has 2 fully saturated rings. The van der Waals surface area contributed by atoms with Gasteiger partial charge in [0.25, 0.3) is 5.91 Å². The van der Waals surface area contributed by atoms with Gasteiger partial charge < -0.3 is 5.32 Å². The van der Waals surface area contributed by atoms with E-state index in [1.165, 1.54) is 25.7 Å². The van der Waals surface area contributed by atoms with Crippen LogP contribution in [0.5, 0.6) is 0 Å². The van der Waals surface area contributed by atoms with Gasteiger partial charge in [-0.3, -0.25) is 4.79 Å². The Bertz CT molecular complexity index is 453. The molecule has 4 unspecified atom stereocenters. The molecule has 0 spiro atoms. The van der Waals surface area contributed by atoms with Gasteiger partial charge in [0, 0.05) is 6.04 Å². The maximum atomic E-state index is 12.2. The summed E-state index contributed by atoms with van der Waals surface area (Å²) >= 11 is 1.55. The van der Waals surface area contributed by atoms with Crippen LogP contribution in [0.4, 0.5) is 0 Å². The highest BCUT2D eigenvalue weighted by atomic mass is 32.1. The van der Waals surface area contributed by atoms with Gasteiger partial charge >= 0.3 is 0 Å². The van der Waals surface area contributed by atoms with Crippen molar-refractivity contribution in [3.63, 3.8) is 0 Å². The normalized spacial score (nSPS) is 31.6. The van der Waals surface area contributed by atoms with Crippen LogP contribution in [0.2, 0.25) is 0 Å². The van der Waals surface area contributed by atoms with Crippen molar-refractivity contribution in [3.8, 4) is 0 Å². The Labute approximate surface area is 113 Å². The summed E-state index contributed by atoms with van der Waals surface area (Å²) in [5, 5.41) is 5.21. The summed E-state index contributed by atoms with van der Waals surface area (Å²) in [7, 11) is 0. The predicted octanol–water partition coefficient (Wildman–Crippen LogP) is 3.61. The van der Waals surface area contributed by atoms with Gasteiger partial charge in [0.05, 0.1) is 4.88 Å². The summed E-state index contributed by atoms with van der Waals surface area (Å²) in [5.41, 5.74) is 1.10. The molecule has 0 radical (unpaired) electrons. The molecule has 2 bridgehead atoms. The fourth-order valence-corrected chi connectivity index (χ4v) is 4.72. The molecule has 2 aliphatic rings. The van der Waals surface area contributed by atoms with E-state index in [2.05, 4.69) is 12.2 Å². The van der Waals surface area contributed by atoms with Crippen LogP contribution < -0.4 is 5.32 Å². The van der Waals surface area contributed by atoms with Crippen LogP contribution in [-0.4, -0.2) is 11.9 Å². The minimum atomic E-state index is 0.123. The number of aryl methyl sites for hydroxylation is 1. The molecule has 1 aromatic rings. The highest BCUT2D eigenvalue weighted by Gasteiger charge is 2.42. The lowest BCUT2D eigenvalue weighted by atomic mass is 9.84. The zero-order chi connectivity index (χ0) is 12.7. The van der Waals surface area contributed by atoms with Gasteiger partial charge in [-0.25, -0.2) is 0 Å². The fraction of sp³-hybridized carbons (Fsp3) is 0.667. The molecule has 1 amide bonds. The molecule has 0 aromatic carbocycles. The molecular formula is C15H21NOS. The first kappa shape index (κ1) is 12.2. The van der Waals surface area contributed by atoms with Gasteiger partial charge in [-0.15, -0.1) is 11.3 Å². The van der Waals surface area contributed by atoms with E-state index >= 15 is 0 Å². The Morgan fingerprint density at radius 2 is 2.28 bits per heavy atom. The molecule has 0 saturated heterocycles. The number of rotatable bonds is 3. The van der Waals surface area contributed by atoms with Crippen LogP contribution in [0, 0.1) is 24.7 Å². The Balaban J connectivity index is 1.63. The Hall–Kier alpha value is -0.830. The lowest BCUT2D eigenvalue weighted by Crippen LogP contribution is -2.40. The molecule has 98 valence electrons. The molecule has 0 aliphatic heterocycles. The Morgan fingerprint density at radius 1 is 1.44 bits per heavy atom. The predicted molar refractivity (Wildman–Crippen MR) is 74.9 cm³/mol. The Kier molecular flexibility index (Phi) is 3.18. The van der Waals surface area contributed by atoms with Crippen LogP contribution in [0.1, 0.15) is 47.8 Å². The first-order chi connectivity index (χ1) is 8.65. The van der Waals surface area contributed by atoms with Gasteiger partial charge in [-0.2, -0.15) is 0 Å². The number of amides is 1. The van der Waals surface area contributed by atoms with E-state index in [1.807, 2.05) is 18.4 Å². The zero-order valence-corrected chi connectivity index (χ0v) is 11.9. The molecule has 2 nitrogen and oxygen atoms in total. The third-order valence-electron chi connectivity index (χ3n) is 4.86. The number of carbonyl (C=O) groups excluding carboxylic acids is 1. The van der Waals surface area contributed by atoms with Crippen LogP contribution in [0.3, 0.4) is 0 Å². The second-order valence-corrected chi connectivity index (χ2v) is 6.95. The topological polar surface area (TPSA) is 29.1 Å². The van der Waals surface area contributed by atoms with Crippen LogP contribution in [0.25, 0.3) is 0 Å². The van der Waals surface area contributed by atoms with Crippen LogP contribution >= 0.6 is 11.3 Å². The second-order valence-electron chi connectivity index (χ2n) is 6.03. The van der Waals surface area contributed by atoms with E-state index in [-0.39, 0.29) is 5.91 Å². The lowest BCUT2D eigenvalue weighted by Gasteiger charge is -2.28. The third-order valence-corrected chi connectivity index (χ3v) is 5.88. The van der Waals surface area contributed by atoms with Crippen molar-refractivity contribution in [3.05, 3.63) is 21.9 Å². The van der Waals surface area contributed by atoms with Crippen molar-refractivity contribution in [1.82, 2.24) is 5.32 Å². The highest BCUT2D eigenvalue weighted by Crippen LogP contribution is 2.49. The second kappa shape index (κ2) is 4.69. The third kappa shape index (κ3) is 2.09. The Morgan fingerprint density at radius 3 is 2.83 bits per heavy atom. The summed E-state index contributed by atoms with van der Waals surface area (Å²) in [5.74, 6) is 2.66. The van der Waals surface area contributed by atoms with Crippen molar-refractivity contribution in [2.45, 2.75) is 45.6 Å². The van der Waals surface area contributed by atoms with Gasteiger partial charge in [0.2, 0.25) is 0 Å². The van der Waals surface area contributed by atoms with Crippen molar-refractivity contribution in [2.75, 3.05) is 0 Å². The quantitative estimate of drug-likeness (QED) is 0.887. The van der Waals surface area contributed by atoms with Crippen LogP contribution in [-0.2, 0) is 0 Å². The molecule has 18 heavy (non-hydrogen) atoms. The molecule has 1 aromatic heterocycles. The smallest absolute Gasteiger partial charge is 0.261 e. The molecule has 2 saturated carbocycles. The number of thiophene rings is 1. The first-order valence-electron chi connectivity index (χ1n) is 7.00. The molecule has 1 heterocycles. The summed E-state index contributed by atoms with van der Waals surface area (Å²) < 4.78 is 0. The summed E-state index contributed by atoms with van der Waals surface area (Å²) in [6.07, 6.45) is 5.54. The van der Waals surface area contributed by atoms with Gasteiger partial charge in [0.15, 0.2) is 0 Å². The van der Waals surface area contributed by atoms with Crippen molar-refractivity contribution < 1.29 is 4.79 Å². The highest BCUT2D eigenvalue weighted by molar-refractivity contribution is 7.12. The summed E-state index contributed by atoms with van der Waals surface area (Å²) in [6.45, 7) is 4.19. The maximum absolute atomic E-state index is 12.2. The van der Waals surface area contributed by atoms with E-state index < -0.39 is 0 Å². The number of fused-ring (bicyclic) bond motifs is 2. The number of hydrogen-bond donors (Lipinski definition) is 1. The van der Waals surface area contributed by atoms with E-state index in [0.29, 0.717) is 12.0 Å². The van der Waals surface area contributed by atoms with Crippen molar-refractivity contribution >= 4 is 17.2 Å². The van der Waals surface area contributed by atoms with E-state index in [4.69, 9.17) is 0 Å². The monoisotopic (exact) mass is 263 g/mol. The van der Waals surface area contributed by atoms with Gasteiger partial charge in [-0.05, 0) is 67.9 Å². The van der Waals surface area contributed by atoms with Crippen LogP contribution in [0.15, 0.2) is 11.4 Å². The zero-order valence-electron chi connectivity index (χ0n) is 11.1. The minimum Gasteiger partial charge on any atom is -0.349 e. The lowest BCUT2D eigenvalue weighted by molar-refractivity contribution is 0.0919. The van der Waals surface area contributed by atoms with E-state index in [1.54, 1.807) is 11.3 Å². The van der Waals surface area contributed by atoms with Crippen molar-refractivity contribution in [2.24, 2.45) is 17.8 Å². The first-order valence-corrected chi connectivity index (χ1v) is 7.88. The molecular weight excluding hydrogens is 242 g/mol. The molecule has 1 N–H and O–H groups in total. The average molecular weight is 263 g/mol.